The van der Waals surface area contributed by atoms with Crippen LogP contribution < -0.4 is 10.6 Å². The number of carbonyl (C=O) groups is 1. The van der Waals surface area contributed by atoms with E-state index >= 15 is 0 Å². The monoisotopic (exact) mass is 322 g/mol. The van der Waals surface area contributed by atoms with Crippen molar-refractivity contribution in [3.05, 3.63) is 77.0 Å². The smallest absolute Gasteiger partial charge is 0.319 e. The standard InChI is InChI=1S/C21H26N2O/c1-16-5-7-18(8-6-16)15-23-20(24)22-14-13-17-9-11-19(12-10-17)21(2,3)4/h5-14H,15H2,1-4H3,(H2,22,23,24)/b14-13+. The van der Waals surface area contributed by atoms with Crippen LogP contribution in [0.3, 0.4) is 0 Å². The number of aryl methyl sites for hydroxylation is 1. The number of benzene rings is 2. The van der Waals surface area contributed by atoms with Gasteiger partial charge in [-0.25, -0.2) is 4.79 Å². The molecule has 0 aliphatic carbocycles. The first-order valence-corrected chi connectivity index (χ1v) is 8.21. The summed E-state index contributed by atoms with van der Waals surface area (Å²) < 4.78 is 0. The molecule has 3 heteroatoms. The molecule has 3 nitrogen and oxygen atoms in total. The fraction of sp³-hybridized carbons (Fsp3) is 0.286. The fourth-order valence-electron chi connectivity index (χ4n) is 2.25. The molecule has 2 rings (SSSR count). The fourth-order valence-corrected chi connectivity index (χ4v) is 2.25. The first kappa shape index (κ1) is 17.8. The molecule has 0 heterocycles. The zero-order valence-corrected chi connectivity index (χ0v) is 14.9. The van der Waals surface area contributed by atoms with Gasteiger partial charge in [-0.05, 0) is 35.1 Å². The van der Waals surface area contributed by atoms with Gasteiger partial charge in [0.15, 0.2) is 0 Å². The van der Waals surface area contributed by atoms with Crippen molar-refractivity contribution in [1.82, 2.24) is 10.6 Å². The molecule has 0 aliphatic heterocycles. The lowest BCUT2D eigenvalue weighted by molar-refractivity contribution is 0.244. The van der Waals surface area contributed by atoms with Crippen LogP contribution in [0, 0.1) is 6.92 Å². The molecule has 0 aliphatic rings. The molecule has 0 saturated heterocycles. The Labute approximate surface area is 144 Å². The number of rotatable bonds is 4. The minimum absolute atomic E-state index is 0.149. The molecule has 0 unspecified atom stereocenters. The molecular weight excluding hydrogens is 296 g/mol. The van der Waals surface area contributed by atoms with Crippen LogP contribution in [0.1, 0.15) is 43.0 Å². The van der Waals surface area contributed by atoms with Crippen LogP contribution in [0.25, 0.3) is 6.08 Å². The van der Waals surface area contributed by atoms with E-state index in [-0.39, 0.29) is 11.4 Å². The van der Waals surface area contributed by atoms with Crippen molar-refractivity contribution in [3.63, 3.8) is 0 Å². The maximum atomic E-state index is 11.8. The predicted octanol–water partition coefficient (Wildman–Crippen LogP) is 4.76. The second-order valence-corrected chi connectivity index (χ2v) is 7.02. The van der Waals surface area contributed by atoms with Crippen LogP contribution in [-0.2, 0) is 12.0 Å². The molecule has 2 aromatic carbocycles. The molecule has 2 N–H and O–H groups in total. The Kier molecular flexibility index (Phi) is 5.80. The minimum Gasteiger partial charge on any atom is -0.334 e. The average Bonchev–Trinajstić information content (AvgIpc) is 2.54. The van der Waals surface area contributed by atoms with Gasteiger partial charge in [-0.15, -0.1) is 0 Å². The lowest BCUT2D eigenvalue weighted by Crippen LogP contribution is -2.31. The summed E-state index contributed by atoms with van der Waals surface area (Å²) in [5, 5.41) is 5.56. The van der Waals surface area contributed by atoms with E-state index in [9.17, 15) is 4.79 Å². The first-order valence-electron chi connectivity index (χ1n) is 8.21. The molecule has 24 heavy (non-hydrogen) atoms. The molecular formula is C21H26N2O. The normalized spacial score (nSPS) is 11.5. The number of nitrogens with one attached hydrogen (secondary N) is 2. The third-order valence-electron chi connectivity index (χ3n) is 3.84. The van der Waals surface area contributed by atoms with Crippen LogP contribution in [0.15, 0.2) is 54.7 Å². The maximum absolute atomic E-state index is 11.8. The van der Waals surface area contributed by atoms with Gasteiger partial charge >= 0.3 is 6.03 Å². The second-order valence-electron chi connectivity index (χ2n) is 7.02. The van der Waals surface area contributed by atoms with Gasteiger partial charge in [-0.1, -0.05) is 74.9 Å². The van der Waals surface area contributed by atoms with E-state index in [0.29, 0.717) is 6.54 Å². The summed E-state index contributed by atoms with van der Waals surface area (Å²) in [6.07, 6.45) is 3.55. The highest BCUT2D eigenvalue weighted by Gasteiger charge is 2.12. The van der Waals surface area contributed by atoms with Crippen LogP contribution in [0.4, 0.5) is 4.79 Å². The van der Waals surface area contributed by atoms with Crippen molar-refractivity contribution in [2.45, 2.75) is 39.7 Å². The predicted molar refractivity (Wildman–Crippen MR) is 101 cm³/mol. The zero-order valence-electron chi connectivity index (χ0n) is 14.9. The van der Waals surface area contributed by atoms with E-state index in [2.05, 4.69) is 55.7 Å². The van der Waals surface area contributed by atoms with Crippen molar-refractivity contribution in [2.24, 2.45) is 0 Å². The van der Waals surface area contributed by atoms with Crippen LogP contribution in [0.2, 0.25) is 0 Å². The van der Waals surface area contributed by atoms with E-state index < -0.39 is 0 Å². The van der Waals surface area contributed by atoms with E-state index in [0.717, 1.165) is 11.1 Å². The highest BCUT2D eigenvalue weighted by molar-refractivity contribution is 5.75. The quantitative estimate of drug-likeness (QED) is 0.837. The van der Waals surface area contributed by atoms with Crippen molar-refractivity contribution in [2.75, 3.05) is 0 Å². The van der Waals surface area contributed by atoms with E-state index in [4.69, 9.17) is 0 Å². The Morgan fingerprint density at radius 1 is 1.00 bits per heavy atom. The molecule has 126 valence electrons. The summed E-state index contributed by atoms with van der Waals surface area (Å²) in [7, 11) is 0. The van der Waals surface area contributed by atoms with Gasteiger partial charge in [0, 0.05) is 12.7 Å². The highest BCUT2D eigenvalue weighted by atomic mass is 16.2. The topological polar surface area (TPSA) is 41.1 Å². The number of carbonyl (C=O) groups excluding carboxylic acids is 1. The lowest BCUT2D eigenvalue weighted by atomic mass is 9.87. The molecule has 0 saturated carbocycles. The molecule has 0 radical (unpaired) electrons. The first-order chi connectivity index (χ1) is 11.3. The Morgan fingerprint density at radius 2 is 1.62 bits per heavy atom. The Morgan fingerprint density at radius 3 is 2.21 bits per heavy atom. The van der Waals surface area contributed by atoms with E-state index in [1.165, 1.54) is 11.1 Å². The maximum Gasteiger partial charge on any atom is 0.319 e. The largest absolute Gasteiger partial charge is 0.334 e. The molecule has 0 bridgehead atoms. The van der Waals surface area contributed by atoms with Gasteiger partial charge in [0.1, 0.15) is 0 Å². The molecule has 0 fully saturated rings. The minimum atomic E-state index is -0.210. The number of hydrogen-bond acceptors (Lipinski definition) is 1. The summed E-state index contributed by atoms with van der Waals surface area (Å²) in [4.78, 5) is 11.8. The van der Waals surface area contributed by atoms with Crippen LogP contribution >= 0.6 is 0 Å². The SMILES string of the molecule is Cc1ccc(CNC(=O)N/C=C/c2ccc(C(C)(C)C)cc2)cc1. The van der Waals surface area contributed by atoms with Crippen molar-refractivity contribution in [3.8, 4) is 0 Å². The Bertz CT molecular complexity index is 692. The molecule has 0 atom stereocenters. The van der Waals surface area contributed by atoms with Crippen LogP contribution in [-0.4, -0.2) is 6.03 Å². The van der Waals surface area contributed by atoms with Crippen molar-refractivity contribution >= 4 is 12.1 Å². The third kappa shape index (κ3) is 5.58. The third-order valence-corrected chi connectivity index (χ3v) is 3.84. The number of hydrogen-bond donors (Lipinski definition) is 2. The summed E-state index contributed by atoms with van der Waals surface area (Å²) in [6.45, 7) is 9.14. The molecule has 0 spiro atoms. The van der Waals surface area contributed by atoms with Crippen molar-refractivity contribution < 1.29 is 4.79 Å². The van der Waals surface area contributed by atoms with E-state index in [1.54, 1.807) is 6.20 Å². The van der Waals surface area contributed by atoms with Gasteiger partial charge in [0.05, 0.1) is 0 Å². The number of amides is 2. The summed E-state index contributed by atoms with van der Waals surface area (Å²) >= 11 is 0. The second kappa shape index (κ2) is 7.82. The lowest BCUT2D eigenvalue weighted by Gasteiger charge is -2.18. The van der Waals surface area contributed by atoms with Gasteiger partial charge < -0.3 is 10.6 Å². The van der Waals surface area contributed by atoms with Gasteiger partial charge in [-0.2, -0.15) is 0 Å². The summed E-state index contributed by atoms with van der Waals surface area (Å²) in [6, 6.07) is 16.3. The van der Waals surface area contributed by atoms with Gasteiger partial charge in [-0.3, -0.25) is 0 Å². The highest BCUT2D eigenvalue weighted by Crippen LogP contribution is 2.22. The number of urea groups is 1. The van der Waals surface area contributed by atoms with Gasteiger partial charge in [0.2, 0.25) is 0 Å². The van der Waals surface area contributed by atoms with Crippen LogP contribution in [0.5, 0.6) is 0 Å². The Balaban J connectivity index is 1.80. The molecule has 0 aromatic heterocycles. The zero-order chi connectivity index (χ0) is 17.6. The van der Waals surface area contributed by atoms with Crippen molar-refractivity contribution in [1.29, 1.82) is 0 Å². The summed E-state index contributed by atoms with van der Waals surface area (Å²) in [5.41, 5.74) is 4.79. The molecule has 2 amide bonds. The Hall–Kier alpha value is -2.55. The molecule has 2 aromatic rings. The average molecular weight is 322 g/mol. The summed E-state index contributed by atoms with van der Waals surface area (Å²) in [5.74, 6) is 0. The van der Waals surface area contributed by atoms with E-state index in [1.807, 2.05) is 37.3 Å². The van der Waals surface area contributed by atoms with Gasteiger partial charge in [0.25, 0.3) is 0 Å².